The molecule has 1 fully saturated rings. The Kier molecular flexibility index (Phi) is 13.2. The van der Waals surface area contributed by atoms with Crippen LogP contribution in [0.3, 0.4) is 0 Å². The highest BCUT2D eigenvalue weighted by Gasteiger charge is 2.38. The van der Waals surface area contributed by atoms with E-state index in [-0.39, 0.29) is 68.1 Å². The maximum absolute atomic E-state index is 13.6. The highest BCUT2D eigenvalue weighted by molar-refractivity contribution is 7.91. The molecule has 0 unspecified atom stereocenters. The molecule has 3 aliphatic rings. The second kappa shape index (κ2) is 18.2. The van der Waals surface area contributed by atoms with Crippen LogP contribution in [0, 0.1) is 11.6 Å². The van der Waals surface area contributed by atoms with E-state index in [1.807, 2.05) is 0 Å². The monoisotopic (exact) mass is 893 g/mol. The second-order valence-corrected chi connectivity index (χ2v) is 16.6. The van der Waals surface area contributed by atoms with Gasteiger partial charge in [-0.05, 0) is 60.0 Å². The van der Waals surface area contributed by atoms with Crippen LogP contribution in [0.25, 0.3) is 0 Å². The van der Waals surface area contributed by atoms with Gasteiger partial charge in [-0.15, -0.1) is 8.80 Å². The second-order valence-electron chi connectivity index (χ2n) is 13.5. The van der Waals surface area contributed by atoms with Crippen LogP contribution in [0.15, 0.2) is 102 Å². The van der Waals surface area contributed by atoms with E-state index in [1.54, 1.807) is 7.05 Å². The molecule has 19 nitrogen and oxygen atoms in total. The van der Waals surface area contributed by atoms with Crippen molar-refractivity contribution < 1.29 is 64.0 Å². The van der Waals surface area contributed by atoms with Gasteiger partial charge in [-0.1, -0.05) is 36.4 Å². The summed E-state index contributed by atoms with van der Waals surface area (Å²) in [6, 6.07) is 16.5. The van der Waals surface area contributed by atoms with E-state index in [4.69, 9.17) is 18.8 Å². The number of sulfonamides is 2. The largest absolute Gasteiger partial charge is 0.636 e. The number of rotatable bonds is 8. The number of halogens is 2. The SMILES string of the molecule is COc1cc(/C=N/N(C)C2=NS(=O)(=O)c3cc(B(O)O)ccc32)ccc1F.COc1cc(/C=N/N(C)C2=NS(=O)(=O)c3cc(B4OC(=O)CN(C)CC(=O)O4)ccc32)ccc1F. The summed E-state index contributed by atoms with van der Waals surface area (Å²) in [4.78, 5) is 25.2. The summed E-state index contributed by atoms with van der Waals surface area (Å²) in [6.45, 7) is -0.240. The zero-order chi connectivity index (χ0) is 45.1. The molecule has 0 spiro atoms. The standard InChI is InChI=1S/C21H20BFN4O7S.C16H15BFN3O5S/c1-26-11-19(28)33-22(34-20(29)12-26)14-5-6-15-18(9-14)35(30,31)25-21(15)27(2)24-10-13-4-7-16(23)17(8-13)32-3;1-21(19-9-10-3-6-13(18)14(7-10)26-2)16-12-5-4-11(17(22)23)8-15(12)27(24,25)20-16/h4-10H,11-12H2,1-3H3;3-9,22-23H,1-2H3/b24-10+;19-9+. The number of hydrazone groups is 2. The lowest BCUT2D eigenvalue weighted by atomic mass is 9.78. The van der Waals surface area contributed by atoms with E-state index in [2.05, 4.69) is 19.0 Å². The third-order valence-corrected chi connectivity index (χ3v) is 11.6. The predicted octanol–water partition coefficient (Wildman–Crippen LogP) is -0.0950. The Morgan fingerprint density at radius 1 is 0.742 bits per heavy atom. The summed E-state index contributed by atoms with van der Waals surface area (Å²) in [7, 11) is -4.00. The van der Waals surface area contributed by atoms with Gasteiger partial charge in [-0.2, -0.15) is 27.0 Å². The minimum absolute atomic E-state index is 0.0394. The van der Waals surface area contributed by atoms with Crippen molar-refractivity contribution in [2.24, 2.45) is 19.0 Å². The van der Waals surface area contributed by atoms with Gasteiger partial charge in [-0.25, -0.2) is 18.8 Å². The fourth-order valence-corrected chi connectivity index (χ4v) is 8.50. The number of carbonyl (C=O) groups excluding carboxylic acids is 2. The number of nitrogens with zero attached hydrogens (tertiary/aromatic N) is 7. The average molecular weight is 893 g/mol. The van der Waals surface area contributed by atoms with Gasteiger partial charge in [0.15, 0.2) is 34.8 Å². The molecule has 0 radical (unpaired) electrons. The van der Waals surface area contributed by atoms with E-state index >= 15 is 0 Å². The Labute approximate surface area is 354 Å². The molecule has 62 heavy (non-hydrogen) atoms. The molecule has 1 saturated heterocycles. The molecule has 0 aromatic heterocycles. The van der Waals surface area contributed by atoms with Gasteiger partial charge in [0, 0.05) is 30.7 Å². The number of hydrogen-bond acceptors (Lipinski definition) is 17. The van der Waals surface area contributed by atoms with E-state index in [1.165, 1.54) is 122 Å². The number of methoxy groups -OCH3 is 2. The molecular weight excluding hydrogens is 858 g/mol. The summed E-state index contributed by atoms with van der Waals surface area (Å²) in [5.41, 5.74) is 1.81. The van der Waals surface area contributed by atoms with Gasteiger partial charge in [-0.3, -0.25) is 14.5 Å². The van der Waals surface area contributed by atoms with Crippen molar-refractivity contribution in [3.8, 4) is 11.5 Å². The minimum atomic E-state index is -4.10. The van der Waals surface area contributed by atoms with E-state index < -0.39 is 57.9 Å². The highest BCUT2D eigenvalue weighted by atomic mass is 32.2. The first-order valence-electron chi connectivity index (χ1n) is 17.9. The van der Waals surface area contributed by atoms with Crippen LogP contribution in [0.2, 0.25) is 0 Å². The van der Waals surface area contributed by atoms with Crippen LogP contribution in [0.4, 0.5) is 8.78 Å². The number of fused-ring (bicyclic) bond motifs is 2. The lowest BCUT2D eigenvalue weighted by Crippen LogP contribution is -2.48. The summed E-state index contributed by atoms with van der Waals surface area (Å²) < 4.78 is 105. The zero-order valence-corrected chi connectivity index (χ0v) is 35.0. The number of carbonyl (C=O) groups is 2. The molecule has 4 aromatic rings. The zero-order valence-electron chi connectivity index (χ0n) is 33.3. The minimum Gasteiger partial charge on any atom is -0.494 e. The van der Waals surface area contributed by atoms with Gasteiger partial charge in [0.25, 0.3) is 20.0 Å². The summed E-state index contributed by atoms with van der Waals surface area (Å²) in [5.74, 6) is -2.07. The number of amidine groups is 2. The first kappa shape index (κ1) is 45.0. The lowest BCUT2D eigenvalue weighted by molar-refractivity contribution is -0.145. The molecule has 2 N–H and O–H groups in total. The molecule has 322 valence electrons. The smallest absolute Gasteiger partial charge is 0.494 e. The van der Waals surface area contributed by atoms with Gasteiger partial charge >= 0.3 is 26.2 Å². The molecule has 7 rings (SSSR count). The number of likely N-dealkylation sites (N-methyl/N-ethyl adjacent to an activating group) is 1. The maximum atomic E-state index is 13.6. The van der Waals surface area contributed by atoms with Gasteiger partial charge in [0.05, 0.1) is 39.7 Å². The molecule has 0 bridgehead atoms. The normalized spacial score (nSPS) is 16.5. The molecule has 0 saturated carbocycles. The van der Waals surface area contributed by atoms with Crippen LogP contribution < -0.4 is 20.4 Å². The van der Waals surface area contributed by atoms with Gasteiger partial charge in [0.2, 0.25) is 0 Å². The number of benzene rings is 4. The van der Waals surface area contributed by atoms with Gasteiger partial charge in [0.1, 0.15) is 9.79 Å². The number of ether oxygens (including phenoxy) is 2. The first-order chi connectivity index (χ1) is 29.3. The van der Waals surface area contributed by atoms with E-state index in [0.29, 0.717) is 11.1 Å². The summed E-state index contributed by atoms with van der Waals surface area (Å²) in [6.07, 6.45) is 2.80. The number of hydrogen-bond donors (Lipinski definition) is 2. The quantitative estimate of drug-likeness (QED) is 0.134. The highest BCUT2D eigenvalue weighted by Crippen LogP contribution is 2.28. The molecule has 4 aromatic carbocycles. The molecule has 3 heterocycles. The maximum Gasteiger partial charge on any atom is 0.636 e. The van der Waals surface area contributed by atoms with Crippen LogP contribution in [-0.4, -0.2) is 141 Å². The Morgan fingerprint density at radius 3 is 1.65 bits per heavy atom. The predicted molar refractivity (Wildman–Crippen MR) is 222 cm³/mol. The van der Waals surface area contributed by atoms with Crippen molar-refractivity contribution in [2.75, 3.05) is 48.5 Å². The molecule has 0 atom stereocenters. The van der Waals surface area contributed by atoms with Crippen molar-refractivity contribution in [3.05, 3.63) is 107 Å². The van der Waals surface area contributed by atoms with Crippen LogP contribution in [0.1, 0.15) is 22.3 Å². The fraction of sp³-hybridized carbons (Fsp3) is 0.189. The van der Waals surface area contributed by atoms with Crippen molar-refractivity contribution in [1.29, 1.82) is 0 Å². The van der Waals surface area contributed by atoms with Crippen LogP contribution in [0.5, 0.6) is 11.5 Å². The molecule has 0 amide bonds. The Balaban J connectivity index is 0.000000214. The lowest BCUT2D eigenvalue weighted by Gasteiger charge is -2.22. The third-order valence-electron chi connectivity index (χ3n) is 9.03. The fourth-order valence-electron chi connectivity index (χ4n) is 5.97. The van der Waals surface area contributed by atoms with E-state index in [9.17, 15) is 45.3 Å². The third kappa shape index (κ3) is 9.98. The summed E-state index contributed by atoms with van der Waals surface area (Å²) >= 11 is 0. The first-order valence-corrected chi connectivity index (χ1v) is 20.8. The van der Waals surface area contributed by atoms with Crippen molar-refractivity contribution in [1.82, 2.24) is 14.9 Å². The molecular formula is C37H35B2F2N7O12S2. The van der Waals surface area contributed by atoms with Crippen LogP contribution >= 0.6 is 0 Å². The Hall–Kier alpha value is -6.53. The van der Waals surface area contributed by atoms with Crippen molar-refractivity contribution >= 4 is 81.2 Å². The topological polar surface area (TPSA) is 239 Å². The van der Waals surface area contributed by atoms with Gasteiger partial charge < -0.3 is 28.8 Å². The molecule has 25 heteroatoms. The Bertz CT molecular complexity index is 2770. The summed E-state index contributed by atoms with van der Waals surface area (Å²) in [5, 5.41) is 29.3. The average Bonchev–Trinajstić information content (AvgIpc) is 3.66. The van der Waals surface area contributed by atoms with Crippen LogP contribution in [-0.2, 0) is 38.9 Å². The molecule has 0 aliphatic carbocycles. The van der Waals surface area contributed by atoms with Crippen molar-refractivity contribution in [3.63, 3.8) is 0 Å². The Morgan fingerprint density at radius 2 is 1.19 bits per heavy atom. The van der Waals surface area contributed by atoms with Crippen molar-refractivity contribution in [2.45, 2.75) is 9.79 Å². The molecule has 3 aliphatic heterocycles. The van der Waals surface area contributed by atoms with E-state index in [0.717, 1.165) is 6.07 Å².